The third-order valence-electron chi connectivity index (χ3n) is 5.20. The van der Waals surface area contributed by atoms with E-state index in [4.69, 9.17) is 4.74 Å². The molecule has 1 saturated heterocycles. The topological polar surface area (TPSA) is 76.8 Å². The van der Waals surface area contributed by atoms with Crippen molar-refractivity contribution in [1.82, 2.24) is 9.80 Å². The van der Waals surface area contributed by atoms with Gasteiger partial charge in [-0.05, 0) is 23.3 Å². The predicted molar refractivity (Wildman–Crippen MR) is 111 cm³/mol. The summed E-state index contributed by atoms with van der Waals surface area (Å²) in [6.45, 7) is 1.23. The second-order valence-electron chi connectivity index (χ2n) is 7.07. The first-order chi connectivity index (χ1) is 14.1. The number of amides is 1. The number of thioether (sulfide) groups is 1. The molecule has 1 amide bonds. The van der Waals surface area contributed by atoms with Crippen LogP contribution in [0.4, 0.5) is 0 Å². The van der Waals surface area contributed by atoms with Gasteiger partial charge in [0, 0.05) is 18.9 Å². The van der Waals surface area contributed by atoms with Gasteiger partial charge in [0.25, 0.3) is 0 Å². The molecule has 2 aliphatic rings. The fraction of sp³-hybridized carbons (Fsp3) is 0.273. The maximum atomic E-state index is 13.0. The van der Waals surface area contributed by atoms with Gasteiger partial charge in [-0.1, -0.05) is 48.2 Å². The van der Waals surface area contributed by atoms with E-state index in [1.54, 1.807) is 23.1 Å². The summed E-state index contributed by atoms with van der Waals surface area (Å²) in [5.41, 5.74) is 2.59. The summed E-state index contributed by atoms with van der Waals surface area (Å²) in [7, 11) is 1.48. The van der Waals surface area contributed by atoms with Gasteiger partial charge in [0.1, 0.15) is 0 Å². The quantitative estimate of drug-likeness (QED) is 0.834. The molecule has 2 aromatic carbocycles. The number of benzene rings is 2. The molecule has 0 spiro atoms. The largest absolute Gasteiger partial charge is 0.504 e. The Morgan fingerprint density at radius 2 is 2.07 bits per heavy atom. The lowest BCUT2D eigenvalue weighted by atomic mass is 9.86. The van der Waals surface area contributed by atoms with Gasteiger partial charge >= 0.3 is 0 Å². The number of methoxy groups -OCH3 is 1. The molecule has 29 heavy (non-hydrogen) atoms. The Morgan fingerprint density at radius 3 is 2.79 bits per heavy atom. The summed E-state index contributed by atoms with van der Waals surface area (Å²) >= 11 is 1.53. The Bertz CT molecular complexity index is 1000. The average molecular weight is 407 g/mol. The molecule has 7 heteroatoms. The van der Waals surface area contributed by atoms with Crippen LogP contribution in [0.25, 0.3) is 0 Å². The smallest absolute Gasteiger partial charge is 0.229 e. The molecule has 6 nitrogen and oxygen atoms in total. The number of fused-ring (bicyclic) bond motifs is 1. The Balaban J connectivity index is 1.61. The molecule has 2 aromatic rings. The molecule has 2 heterocycles. The summed E-state index contributed by atoms with van der Waals surface area (Å²) < 4.78 is 5.19. The molecule has 148 valence electrons. The second kappa shape index (κ2) is 8.19. The van der Waals surface area contributed by atoms with Gasteiger partial charge in [0.05, 0.1) is 36.3 Å². The Morgan fingerprint density at radius 1 is 1.28 bits per heavy atom. The third kappa shape index (κ3) is 3.82. The van der Waals surface area contributed by atoms with E-state index in [9.17, 15) is 15.2 Å². The summed E-state index contributed by atoms with van der Waals surface area (Å²) in [5.74, 6) is 0.757. The van der Waals surface area contributed by atoms with Crippen LogP contribution in [-0.2, 0) is 11.3 Å². The number of carbonyl (C=O) groups excluding carboxylic acids is 1. The van der Waals surface area contributed by atoms with Crippen molar-refractivity contribution in [3.8, 4) is 17.6 Å². The SMILES string of the molecule is COc1cc(C2CC(=O)N3CN(Cc4ccccc4)CSC3=C2C#N)ccc1O. The lowest BCUT2D eigenvalue weighted by Gasteiger charge is -2.41. The average Bonchev–Trinajstić information content (AvgIpc) is 2.75. The van der Waals surface area contributed by atoms with E-state index in [1.165, 1.54) is 24.4 Å². The first-order valence-corrected chi connectivity index (χ1v) is 10.3. The van der Waals surface area contributed by atoms with Crippen LogP contribution >= 0.6 is 11.8 Å². The molecular formula is C22H21N3O3S. The normalized spacial score (nSPS) is 19.7. The van der Waals surface area contributed by atoms with E-state index in [0.717, 1.165) is 17.1 Å². The van der Waals surface area contributed by atoms with Crippen molar-refractivity contribution in [2.45, 2.75) is 18.9 Å². The summed E-state index contributed by atoms with van der Waals surface area (Å²) in [5, 5.41) is 20.5. The van der Waals surface area contributed by atoms with E-state index in [1.807, 2.05) is 18.2 Å². The highest BCUT2D eigenvalue weighted by Gasteiger charge is 2.38. The molecule has 1 fully saturated rings. The number of carbonyl (C=O) groups is 1. The number of ether oxygens (including phenoxy) is 1. The van der Waals surface area contributed by atoms with Crippen LogP contribution in [0.5, 0.6) is 11.5 Å². The van der Waals surface area contributed by atoms with Crippen molar-refractivity contribution in [3.05, 3.63) is 70.3 Å². The molecule has 0 saturated carbocycles. The number of rotatable bonds is 4. The lowest BCUT2D eigenvalue weighted by molar-refractivity contribution is -0.131. The number of nitriles is 1. The zero-order valence-corrected chi connectivity index (χ0v) is 16.9. The van der Waals surface area contributed by atoms with Crippen molar-refractivity contribution in [1.29, 1.82) is 5.26 Å². The van der Waals surface area contributed by atoms with Crippen molar-refractivity contribution < 1.29 is 14.6 Å². The molecule has 0 aliphatic carbocycles. The maximum Gasteiger partial charge on any atom is 0.229 e. The van der Waals surface area contributed by atoms with Gasteiger partial charge in [-0.25, -0.2) is 0 Å². The van der Waals surface area contributed by atoms with Crippen LogP contribution in [0.1, 0.15) is 23.5 Å². The van der Waals surface area contributed by atoms with Crippen LogP contribution in [0, 0.1) is 11.3 Å². The number of hydrogen-bond donors (Lipinski definition) is 1. The monoisotopic (exact) mass is 407 g/mol. The van der Waals surface area contributed by atoms with Crippen molar-refractivity contribution in [2.75, 3.05) is 19.7 Å². The fourth-order valence-corrected chi connectivity index (χ4v) is 4.88. The molecule has 1 atom stereocenters. The third-order valence-corrected chi connectivity index (χ3v) is 6.41. The van der Waals surface area contributed by atoms with Crippen LogP contribution in [0.3, 0.4) is 0 Å². The molecule has 2 aliphatic heterocycles. The van der Waals surface area contributed by atoms with E-state index in [2.05, 4.69) is 23.1 Å². The highest BCUT2D eigenvalue weighted by molar-refractivity contribution is 8.03. The van der Waals surface area contributed by atoms with Gasteiger partial charge < -0.3 is 9.84 Å². The number of nitrogens with zero attached hydrogens (tertiary/aromatic N) is 3. The summed E-state index contributed by atoms with van der Waals surface area (Å²) in [4.78, 5) is 16.9. The van der Waals surface area contributed by atoms with E-state index >= 15 is 0 Å². The van der Waals surface area contributed by atoms with Gasteiger partial charge in [-0.3, -0.25) is 14.6 Å². The molecular weight excluding hydrogens is 386 g/mol. The van der Waals surface area contributed by atoms with E-state index in [0.29, 0.717) is 23.9 Å². The molecule has 1 unspecified atom stereocenters. The van der Waals surface area contributed by atoms with Crippen molar-refractivity contribution >= 4 is 17.7 Å². The summed E-state index contributed by atoms with van der Waals surface area (Å²) in [6.07, 6.45) is 0.222. The molecule has 0 aromatic heterocycles. The number of aromatic hydroxyl groups is 1. The van der Waals surface area contributed by atoms with Crippen molar-refractivity contribution in [2.24, 2.45) is 0 Å². The van der Waals surface area contributed by atoms with Crippen molar-refractivity contribution in [3.63, 3.8) is 0 Å². The second-order valence-corrected chi connectivity index (χ2v) is 8.00. The summed E-state index contributed by atoms with van der Waals surface area (Å²) in [6, 6.07) is 17.5. The molecule has 4 rings (SSSR count). The maximum absolute atomic E-state index is 13.0. The fourth-order valence-electron chi connectivity index (χ4n) is 3.75. The molecule has 1 N–H and O–H groups in total. The van der Waals surface area contributed by atoms with E-state index in [-0.39, 0.29) is 24.0 Å². The zero-order chi connectivity index (χ0) is 20.4. The van der Waals surface area contributed by atoms with Gasteiger partial charge in [0.2, 0.25) is 5.91 Å². The van der Waals surface area contributed by atoms with Gasteiger partial charge in [-0.2, -0.15) is 5.26 Å². The Labute approximate surface area is 174 Å². The minimum absolute atomic E-state index is 0.00121. The first kappa shape index (κ1) is 19.4. The number of phenolic OH excluding ortho intramolecular Hbond substituents is 1. The first-order valence-electron chi connectivity index (χ1n) is 9.31. The minimum atomic E-state index is -0.332. The lowest BCUT2D eigenvalue weighted by Crippen LogP contribution is -2.46. The van der Waals surface area contributed by atoms with Crippen LogP contribution in [0.15, 0.2) is 59.1 Å². The number of allylic oxidation sites excluding steroid dienone is 1. The highest BCUT2D eigenvalue weighted by Crippen LogP contribution is 2.44. The minimum Gasteiger partial charge on any atom is -0.504 e. The van der Waals surface area contributed by atoms with Gasteiger partial charge in [0.15, 0.2) is 11.5 Å². The molecule has 0 bridgehead atoms. The van der Waals surface area contributed by atoms with Crippen LogP contribution in [0.2, 0.25) is 0 Å². The number of hydrogen-bond acceptors (Lipinski definition) is 6. The zero-order valence-electron chi connectivity index (χ0n) is 16.0. The predicted octanol–water partition coefficient (Wildman–Crippen LogP) is 3.62. The molecule has 0 radical (unpaired) electrons. The Kier molecular flexibility index (Phi) is 5.47. The number of phenols is 1. The Hall–Kier alpha value is -2.95. The van der Waals surface area contributed by atoms with Gasteiger partial charge in [-0.15, -0.1) is 0 Å². The standard InChI is InChI=1S/C22H21N3O3S/c1-28-20-9-16(7-8-19(20)26)17-10-21(27)25-13-24(12-15-5-3-2-4-6-15)14-29-22(25)18(17)11-23/h2-9,17,26H,10,12-14H2,1H3. The van der Waals surface area contributed by atoms with Crippen LogP contribution in [-0.4, -0.2) is 40.5 Å². The van der Waals surface area contributed by atoms with Crippen LogP contribution < -0.4 is 4.74 Å². The van der Waals surface area contributed by atoms with E-state index < -0.39 is 0 Å². The highest BCUT2D eigenvalue weighted by atomic mass is 32.2.